The smallest absolute Gasteiger partial charge is 0.371 e. The van der Waals surface area contributed by atoms with Crippen LogP contribution < -0.4 is 0 Å². The van der Waals surface area contributed by atoms with Gasteiger partial charge in [-0.15, -0.1) is 0 Å². The van der Waals surface area contributed by atoms with Crippen molar-refractivity contribution < 1.29 is 19.4 Å². The van der Waals surface area contributed by atoms with Crippen molar-refractivity contribution in [1.82, 2.24) is 0 Å². The van der Waals surface area contributed by atoms with Crippen molar-refractivity contribution in [2.45, 2.75) is 31.0 Å². The first-order valence-corrected chi connectivity index (χ1v) is 5.61. The van der Waals surface area contributed by atoms with Crippen molar-refractivity contribution in [3.8, 4) is 0 Å². The second-order valence-corrected chi connectivity index (χ2v) is 4.54. The molecule has 0 bridgehead atoms. The van der Waals surface area contributed by atoms with Gasteiger partial charge < -0.3 is 14.6 Å². The lowest BCUT2D eigenvalue weighted by Crippen LogP contribution is -2.25. The standard InChI is InChI=1S/C10H14O4S/c1-3-10(2,13)6-15-8-5-4-7(14-8)9(11)12/h4-5,13H,3,6H2,1-2H3,(H,11,12). The summed E-state index contributed by atoms with van der Waals surface area (Å²) in [6.45, 7) is 3.63. The molecule has 0 fully saturated rings. The molecule has 0 spiro atoms. The van der Waals surface area contributed by atoms with Crippen LogP contribution in [0.15, 0.2) is 21.6 Å². The second kappa shape index (κ2) is 4.72. The minimum atomic E-state index is -1.08. The lowest BCUT2D eigenvalue weighted by molar-refractivity contribution is 0.0656. The van der Waals surface area contributed by atoms with E-state index >= 15 is 0 Å². The molecule has 1 rings (SSSR count). The van der Waals surface area contributed by atoms with E-state index in [-0.39, 0.29) is 5.76 Å². The van der Waals surface area contributed by atoms with Gasteiger partial charge in [0.2, 0.25) is 5.76 Å². The third-order valence-electron chi connectivity index (χ3n) is 2.08. The topological polar surface area (TPSA) is 70.7 Å². The summed E-state index contributed by atoms with van der Waals surface area (Å²) in [5.41, 5.74) is -0.749. The van der Waals surface area contributed by atoms with E-state index in [0.717, 1.165) is 0 Å². The SMILES string of the molecule is CCC(C)(O)CSc1ccc(C(=O)O)o1. The molecular weight excluding hydrogens is 216 g/mol. The number of thioether (sulfide) groups is 1. The summed E-state index contributed by atoms with van der Waals surface area (Å²) >= 11 is 1.31. The van der Waals surface area contributed by atoms with Crippen molar-refractivity contribution in [1.29, 1.82) is 0 Å². The van der Waals surface area contributed by atoms with E-state index in [1.807, 2.05) is 6.92 Å². The molecule has 1 unspecified atom stereocenters. The number of carbonyl (C=O) groups is 1. The summed E-state index contributed by atoms with van der Waals surface area (Å²) in [6.07, 6.45) is 0.645. The highest BCUT2D eigenvalue weighted by atomic mass is 32.2. The lowest BCUT2D eigenvalue weighted by atomic mass is 10.1. The van der Waals surface area contributed by atoms with Crippen LogP contribution in [0.25, 0.3) is 0 Å². The molecule has 1 heterocycles. The Kier molecular flexibility index (Phi) is 3.82. The minimum Gasteiger partial charge on any atom is -0.475 e. The number of rotatable bonds is 5. The first-order valence-electron chi connectivity index (χ1n) is 4.63. The molecule has 0 aliphatic rings. The average Bonchev–Trinajstić information content (AvgIpc) is 2.63. The van der Waals surface area contributed by atoms with Gasteiger partial charge >= 0.3 is 5.97 Å². The average molecular weight is 230 g/mol. The number of hydrogen-bond acceptors (Lipinski definition) is 4. The molecule has 84 valence electrons. The molecule has 0 aromatic carbocycles. The largest absolute Gasteiger partial charge is 0.475 e. The summed E-state index contributed by atoms with van der Waals surface area (Å²) < 4.78 is 5.04. The van der Waals surface area contributed by atoms with Gasteiger partial charge in [0.05, 0.1) is 5.60 Å². The van der Waals surface area contributed by atoms with Crippen LogP contribution in [0.2, 0.25) is 0 Å². The highest BCUT2D eigenvalue weighted by Crippen LogP contribution is 2.26. The molecule has 0 saturated carbocycles. The van der Waals surface area contributed by atoms with Gasteiger partial charge in [-0.05, 0) is 25.5 Å². The maximum atomic E-state index is 10.5. The van der Waals surface area contributed by atoms with Crippen LogP contribution in [-0.2, 0) is 0 Å². The van der Waals surface area contributed by atoms with Crippen LogP contribution >= 0.6 is 11.8 Å². The van der Waals surface area contributed by atoms with Gasteiger partial charge in [-0.3, -0.25) is 0 Å². The van der Waals surface area contributed by atoms with Crippen LogP contribution in [-0.4, -0.2) is 27.5 Å². The number of hydrogen-bond donors (Lipinski definition) is 2. The van der Waals surface area contributed by atoms with Gasteiger partial charge in [-0.1, -0.05) is 18.7 Å². The van der Waals surface area contributed by atoms with Crippen LogP contribution in [0, 0.1) is 0 Å². The van der Waals surface area contributed by atoms with E-state index in [1.165, 1.54) is 17.8 Å². The number of aliphatic hydroxyl groups is 1. The maximum Gasteiger partial charge on any atom is 0.371 e. The molecule has 5 heteroatoms. The van der Waals surface area contributed by atoms with Gasteiger partial charge in [0.25, 0.3) is 0 Å². The first kappa shape index (κ1) is 12.1. The molecule has 1 atom stereocenters. The molecule has 0 radical (unpaired) electrons. The summed E-state index contributed by atoms with van der Waals surface area (Å²) in [6, 6.07) is 3.01. The third kappa shape index (κ3) is 3.60. The zero-order valence-corrected chi connectivity index (χ0v) is 9.50. The van der Waals surface area contributed by atoms with E-state index in [4.69, 9.17) is 9.52 Å². The van der Waals surface area contributed by atoms with Crippen molar-refractivity contribution in [3.05, 3.63) is 17.9 Å². The molecule has 1 aromatic rings. The quantitative estimate of drug-likeness (QED) is 0.759. The molecule has 0 aliphatic heterocycles. The Bertz CT molecular complexity index is 343. The second-order valence-electron chi connectivity index (χ2n) is 3.56. The molecule has 0 amide bonds. The maximum absolute atomic E-state index is 10.5. The fourth-order valence-electron chi connectivity index (χ4n) is 0.841. The summed E-state index contributed by atoms with van der Waals surface area (Å²) in [5, 5.41) is 18.9. The van der Waals surface area contributed by atoms with Crippen LogP contribution in [0.1, 0.15) is 30.8 Å². The Labute approximate surface area is 92.3 Å². The van der Waals surface area contributed by atoms with E-state index in [0.29, 0.717) is 17.3 Å². The fraction of sp³-hybridized carbons (Fsp3) is 0.500. The Hall–Kier alpha value is -0.940. The van der Waals surface area contributed by atoms with E-state index < -0.39 is 11.6 Å². The third-order valence-corrected chi connectivity index (χ3v) is 3.35. The Morgan fingerprint density at radius 3 is 2.73 bits per heavy atom. The highest BCUT2D eigenvalue weighted by molar-refractivity contribution is 7.99. The molecular formula is C10H14O4S. The number of aromatic carboxylic acids is 1. The van der Waals surface area contributed by atoms with Gasteiger partial charge in [-0.25, -0.2) is 4.79 Å². The lowest BCUT2D eigenvalue weighted by Gasteiger charge is -2.19. The van der Waals surface area contributed by atoms with Crippen molar-refractivity contribution in [2.24, 2.45) is 0 Å². The van der Waals surface area contributed by atoms with E-state index in [9.17, 15) is 9.90 Å². The normalized spacial score (nSPS) is 14.9. The molecule has 0 aliphatic carbocycles. The van der Waals surface area contributed by atoms with Gasteiger partial charge in [-0.2, -0.15) is 0 Å². The predicted molar refractivity (Wildman–Crippen MR) is 57.3 cm³/mol. The first-order chi connectivity index (χ1) is 6.94. The molecule has 2 N–H and O–H groups in total. The summed E-state index contributed by atoms with van der Waals surface area (Å²) in [5.74, 6) is -0.673. The summed E-state index contributed by atoms with van der Waals surface area (Å²) in [4.78, 5) is 10.5. The molecule has 1 aromatic heterocycles. The van der Waals surface area contributed by atoms with Crippen molar-refractivity contribution in [3.63, 3.8) is 0 Å². The van der Waals surface area contributed by atoms with Gasteiger partial charge in [0, 0.05) is 5.75 Å². The minimum absolute atomic E-state index is 0.0753. The number of carboxylic acid groups (broad SMARTS) is 1. The van der Waals surface area contributed by atoms with Crippen LogP contribution in [0.4, 0.5) is 0 Å². The van der Waals surface area contributed by atoms with Crippen LogP contribution in [0.5, 0.6) is 0 Å². The Morgan fingerprint density at radius 1 is 1.60 bits per heavy atom. The van der Waals surface area contributed by atoms with E-state index in [1.54, 1.807) is 13.0 Å². The number of carboxylic acids is 1. The van der Waals surface area contributed by atoms with Gasteiger partial charge in [0.1, 0.15) is 0 Å². The van der Waals surface area contributed by atoms with Gasteiger partial charge in [0.15, 0.2) is 5.09 Å². The molecule has 0 saturated heterocycles. The zero-order valence-electron chi connectivity index (χ0n) is 8.69. The van der Waals surface area contributed by atoms with Crippen molar-refractivity contribution >= 4 is 17.7 Å². The summed E-state index contributed by atoms with van der Waals surface area (Å²) in [7, 11) is 0. The Balaban J connectivity index is 2.55. The number of furan rings is 1. The monoisotopic (exact) mass is 230 g/mol. The van der Waals surface area contributed by atoms with Crippen molar-refractivity contribution in [2.75, 3.05) is 5.75 Å². The Morgan fingerprint density at radius 2 is 2.27 bits per heavy atom. The molecule has 4 nitrogen and oxygen atoms in total. The van der Waals surface area contributed by atoms with E-state index in [2.05, 4.69) is 0 Å². The predicted octanol–water partition coefficient (Wildman–Crippen LogP) is 2.23. The fourth-order valence-corrected chi connectivity index (χ4v) is 1.81. The zero-order chi connectivity index (χ0) is 11.5. The van der Waals surface area contributed by atoms with Crippen LogP contribution in [0.3, 0.4) is 0 Å². The molecule has 15 heavy (non-hydrogen) atoms. The highest BCUT2D eigenvalue weighted by Gasteiger charge is 2.19.